The highest BCUT2D eigenvalue weighted by molar-refractivity contribution is 6.30. The molecule has 0 aromatic heterocycles. The highest BCUT2D eigenvalue weighted by Crippen LogP contribution is 2.23. The second-order valence-electron chi connectivity index (χ2n) is 4.71. The van der Waals surface area contributed by atoms with Crippen molar-refractivity contribution < 1.29 is 9.53 Å². The molecule has 1 aliphatic heterocycles. The van der Waals surface area contributed by atoms with Gasteiger partial charge in [-0.05, 0) is 42.9 Å². The second-order valence-corrected chi connectivity index (χ2v) is 5.15. The Morgan fingerprint density at radius 3 is 2.67 bits per heavy atom. The molecule has 2 rings (SSSR count). The van der Waals surface area contributed by atoms with E-state index in [2.05, 4.69) is 5.32 Å². The maximum Gasteiger partial charge on any atom is 0.248 e. The molecule has 1 heterocycles. The number of carbonyl (C=O) groups is 1. The molecule has 0 radical (unpaired) electrons. The molecule has 1 aromatic rings. The number of nitrogens with one attached hydrogen (secondary N) is 1. The molecule has 1 N–H and O–H groups in total. The first-order valence-corrected chi connectivity index (χ1v) is 6.64. The van der Waals surface area contributed by atoms with Gasteiger partial charge < -0.3 is 10.1 Å². The number of hydrogen-bond donors (Lipinski definition) is 1. The van der Waals surface area contributed by atoms with Crippen LogP contribution in [-0.2, 0) is 16.0 Å². The number of likely N-dealkylation sites (N-methyl/N-ethyl adjacent to an activating group) is 1. The fourth-order valence-corrected chi connectivity index (χ4v) is 2.41. The van der Waals surface area contributed by atoms with E-state index in [0.717, 1.165) is 24.3 Å². The van der Waals surface area contributed by atoms with Crippen LogP contribution < -0.4 is 5.32 Å². The lowest BCUT2D eigenvalue weighted by molar-refractivity contribution is -0.137. The third kappa shape index (κ3) is 3.47. The Morgan fingerprint density at radius 1 is 1.39 bits per heavy atom. The highest BCUT2D eigenvalue weighted by Gasteiger charge is 2.26. The Hall–Kier alpha value is -1.06. The number of amides is 1. The molecular formula is C14H18ClNO2. The van der Waals surface area contributed by atoms with Crippen LogP contribution in [0.5, 0.6) is 0 Å². The predicted octanol–water partition coefficient (Wildman–Crippen LogP) is 2.42. The number of benzene rings is 1. The smallest absolute Gasteiger partial charge is 0.248 e. The highest BCUT2D eigenvalue weighted by atomic mass is 35.5. The van der Waals surface area contributed by atoms with Gasteiger partial charge in [-0.25, -0.2) is 0 Å². The number of halogens is 1. The molecule has 2 atom stereocenters. The van der Waals surface area contributed by atoms with E-state index in [4.69, 9.17) is 16.3 Å². The fraction of sp³-hybridized carbons (Fsp3) is 0.500. The van der Waals surface area contributed by atoms with Gasteiger partial charge in [-0.3, -0.25) is 4.79 Å². The average Bonchev–Trinajstić information content (AvgIpc) is 2.41. The molecule has 1 saturated heterocycles. The van der Waals surface area contributed by atoms with Crippen LogP contribution in [0, 0.1) is 5.92 Å². The summed E-state index contributed by atoms with van der Waals surface area (Å²) in [6, 6.07) is 7.92. The Bertz CT molecular complexity index is 397. The van der Waals surface area contributed by atoms with Gasteiger partial charge in [-0.1, -0.05) is 23.7 Å². The minimum Gasteiger partial charge on any atom is -0.368 e. The lowest BCUT2D eigenvalue weighted by Crippen LogP contribution is -2.38. The van der Waals surface area contributed by atoms with Crippen molar-refractivity contribution in [3.05, 3.63) is 34.9 Å². The van der Waals surface area contributed by atoms with Crippen molar-refractivity contribution in [2.75, 3.05) is 13.7 Å². The number of ether oxygens (including phenoxy) is 1. The molecule has 0 unspecified atom stereocenters. The molecule has 4 heteroatoms. The Morgan fingerprint density at radius 2 is 2.11 bits per heavy atom. The quantitative estimate of drug-likeness (QED) is 0.913. The third-order valence-corrected chi connectivity index (χ3v) is 3.60. The molecule has 0 aliphatic carbocycles. The van der Waals surface area contributed by atoms with Crippen molar-refractivity contribution in [1.29, 1.82) is 0 Å². The van der Waals surface area contributed by atoms with Crippen LogP contribution in [0.3, 0.4) is 0 Å². The maximum atomic E-state index is 11.4. The molecule has 3 nitrogen and oxygen atoms in total. The van der Waals surface area contributed by atoms with E-state index < -0.39 is 0 Å². The summed E-state index contributed by atoms with van der Waals surface area (Å²) in [5.74, 6) is 0.479. The zero-order chi connectivity index (χ0) is 13.0. The van der Waals surface area contributed by atoms with Gasteiger partial charge in [0.2, 0.25) is 5.91 Å². The maximum absolute atomic E-state index is 11.4. The summed E-state index contributed by atoms with van der Waals surface area (Å²) in [5.41, 5.74) is 1.27. The molecule has 1 amide bonds. The van der Waals surface area contributed by atoms with Crippen LogP contribution in [0.15, 0.2) is 24.3 Å². The summed E-state index contributed by atoms with van der Waals surface area (Å²) in [4.78, 5) is 11.4. The predicted molar refractivity (Wildman–Crippen MR) is 71.7 cm³/mol. The zero-order valence-corrected chi connectivity index (χ0v) is 11.2. The summed E-state index contributed by atoms with van der Waals surface area (Å²) in [5, 5.41) is 3.39. The molecular weight excluding hydrogens is 250 g/mol. The van der Waals surface area contributed by atoms with Crippen LogP contribution in [-0.4, -0.2) is 25.7 Å². The van der Waals surface area contributed by atoms with Crippen molar-refractivity contribution in [2.24, 2.45) is 5.92 Å². The van der Waals surface area contributed by atoms with E-state index >= 15 is 0 Å². The molecule has 1 fully saturated rings. The molecule has 1 aliphatic rings. The van der Waals surface area contributed by atoms with Gasteiger partial charge in [0.25, 0.3) is 0 Å². The average molecular weight is 268 g/mol. The van der Waals surface area contributed by atoms with Crippen molar-refractivity contribution in [3.8, 4) is 0 Å². The van der Waals surface area contributed by atoms with E-state index in [1.165, 1.54) is 5.56 Å². The van der Waals surface area contributed by atoms with E-state index in [9.17, 15) is 4.79 Å². The Labute approximate surface area is 112 Å². The first-order chi connectivity index (χ1) is 8.69. The standard InChI is InChI=1S/C14H18ClNO2/c1-16-14(17)13-7-4-11(9-18-13)8-10-2-5-12(15)6-3-10/h2-3,5-6,11,13H,4,7-9H2,1H3,(H,16,17)/t11-,13+/m0/s1. The normalized spacial score (nSPS) is 23.7. The van der Waals surface area contributed by atoms with E-state index in [1.807, 2.05) is 24.3 Å². The molecule has 98 valence electrons. The first-order valence-electron chi connectivity index (χ1n) is 6.26. The van der Waals surface area contributed by atoms with Gasteiger partial charge in [-0.15, -0.1) is 0 Å². The Balaban J connectivity index is 1.83. The summed E-state index contributed by atoms with van der Waals surface area (Å²) in [6.07, 6.45) is 2.55. The van der Waals surface area contributed by atoms with Crippen LogP contribution in [0.4, 0.5) is 0 Å². The van der Waals surface area contributed by atoms with E-state index in [0.29, 0.717) is 12.5 Å². The van der Waals surface area contributed by atoms with Crippen LogP contribution in [0.1, 0.15) is 18.4 Å². The lowest BCUT2D eigenvalue weighted by atomic mass is 9.92. The van der Waals surface area contributed by atoms with E-state index in [-0.39, 0.29) is 12.0 Å². The molecule has 0 spiro atoms. The van der Waals surface area contributed by atoms with Crippen molar-refractivity contribution in [2.45, 2.75) is 25.4 Å². The summed E-state index contributed by atoms with van der Waals surface area (Å²) < 4.78 is 5.60. The van der Waals surface area contributed by atoms with Gasteiger partial charge in [-0.2, -0.15) is 0 Å². The lowest BCUT2D eigenvalue weighted by Gasteiger charge is -2.28. The van der Waals surface area contributed by atoms with Gasteiger partial charge in [0.1, 0.15) is 6.10 Å². The van der Waals surface area contributed by atoms with Crippen LogP contribution in [0.2, 0.25) is 5.02 Å². The molecule has 18 heavy (non-hydrogen) atoms. The monoisotopic (exact) mass is 267 g/mol. The van der Waals surface area contributed by atoms with Gasteiger partial charge in [0.15, 0.2) is 0 Å². The van der Waals surface area contributed by atoms with Gasteiger partial charge in [0.05, 0.1) is 6.61 Å². The zero-order valence-electron chi connectivity index (χ0n) is 10.5. The first kappa shape index (κ1) is 13.4. The van der Waals surface area contributed by atoms with E-state index in [1.54, 1.807) is 7.05 Å². The minimum atomic E-state index is -0.267. The largest absolute Gasteiger partial charge is 0.368 e. The van der Waals surface area contributed by atoms with Crippen molar-refractivity contribution >= 4 is 17.5 Å². The summed E-state index contributed by atoms with van der Waals surface area (Å²) in [6.45, 7) is 0.653. The number of rotatable bonds is 3. The van der Waals surface area contributed by atoms with Gasteiger partial charge in [0, 0.05) is 12.1 Å². The minimum absolute atomic E-state index is 0.0139. The van der Waals surface area contributed by atoms with Crippen LogP contribution in [0.25, 0.3) is 0 Å². The Kier molecular flexibility index (Phi) is 4.61. The number of carbonyl (C=O) groups excluding carboxylic acids is 1. The summed E-state index contributed by atoms with van der Waals surface area (Å²) in [7, 11) is 1.64. The molecule has 1 aromatic carbocycles. The second kappa shape index (κ2) is 6.21. The van der Waals surface area contributed by atoms with Crippen molar-refractivity contribution in [3.63, 3.8) is 0 Å². The fourth-order valence-electron chi connectivity index (χ4n) is 2.29. The number of hydrogen-bond acceptors (Lipinski definition) is 2. The third-order valence-electron chi connectivity index (χ3n) is 3.35. The SMILES string of the molecule is CNC(=O)[C@H]1CC[C@@H](Cc2ccc(Cl)cc2)CO1. The molecule has 0 saturated carbocycles. The molecule has 0 bridgehead atoms. The summed E-state index contributed by atoms with van der Waals surface area (Å²) >= 11 is 5.86. The van der Waals surface area contributed by atoms with Gasteiger partial charge >= 0.3 is 0 Å². The topological polar surface area (TPSA) is 38.3 Å². The van der Waals surface area contributed by atoms with Crippen molar-refractivity contribution in [1.82, 2.24) is 5.32 Å². The van der Waals surface area contributed by atoms with Crippen LogP contribution >= 0.6 is 11.6 Å².